The summed E-state index contributed by atoms with van der Waals surface area (Å²) in [4.78, 5) is 36.5. The molecule has 1 aliphatic heterocycles. The summed E-state index contributed by atoms with van der Waals surface area (Å²) < 4.78 is 26.8. The van der Waals surface area contributed by atoms with Gasteiger partial charge in [-0.1, -0.05) is 139 Å². The van der Waals surface area contributed by atoms with Crippen LogP contribution in [0.15, 0.2) is 163 Å². The Hall–Kier alpha value is -6.73. The Morgan fingerprint density at radius 2 is 1.57 bits per heavy atom. The molecule has 0 bridgehead atoms. The van der Waals surface area contributed by atoms with E-state index in [0.29, 0.717) is 43.0 Å². The van der Waals surface area contributed by atoms with Crippen LogP contribution in [0.2, 0.25) is 0 Å². The summed E-state index contributed by atoms with van der Waals surface area (Å²) >= 11 is 0. The van der Waals surface area contributed by atoms with Gasteiger partial charge in [-0.25, -0.2) is 9.59 Å². The van der Waals surface area contributed by atoms with Crippen molar-refractivity contribution in [2.24, 2.45) is 22.9 Å². The fraction of sp³-hybridized carbons (Fsp3) is 0.362. The first kappa shape index (κ1) is 49.7. The van der Waals surface area contributed by atoms with E-state index >= 15 is 4.79 Å². The van der Waals surface area contributed by atoms with E-state index in [0.717, 1.165) is 64.3 Å². The number of allylic oxidation sites excluding steroid dienone is 1. The van der Waals surface area contributed by atoms with E-state index in [9.17, 15) is 15.0 Å². The Balaban J connectivity index is 1.31. The van der Waals surface area contributed by atoms with Crippen LogP contribution in [0, 0.1) is 17.8 Å². The lowest BCUT2D eigenvalue weighted by atomic mass is 9.55. The number of hydrogen-bond donors (Lipinski definition) is 3. The minimum absolute atomic E-state index is 0.00480. The van der Waals surface area contributed by atoms with Gasteiger partial charge < -0.3 is 39.3 Å². The molecular weight excluding hydrogens is 883 g/mol. The third-order valence-electron chi connectivity index (χ3n) is 13.8. The molecule has 1 fully saturated rings. The highest BCUT2D eigenvalue weighted by Crippen LogP contribution is 2.62. The lowest BCUT2D eigenvalue weighted by molar-refractivity contribution is -0.256. The molecule has 3 aliphatic rings. The van der Waals surface area contributed by atoms with E-state index in [4.69, 9.17) is 28.9 Å². The van der Waals surface area contributed by atoms with Crippen molar-refractivity contribution in [1.82, 2.24) is 10.2 Å². The standard InChI is InChI=1S/C58H65N3O9/c1-3-5-34-66-57(65)61(39-45-26-18-25-43-23-12-13-27-47(43)45)53-37-51(60-68-40-42-21-10-7-11-22-42)49-35-44(24-14-16-31-62)48(28-15-17-32-63)54-50-36-46(69-56(64)59-38-41-19-8-6-9-20-41)29-30-52(50)70-58(53,55(49)54)67-33-4-2/h3-4,6-13,18-23,25-27,29-30,35-36,44,48,53-55,62-63H,1-2,5,14-17,24,28,31-34,37-40H2,(H,59,64)/t44-,48+,53-,54+,55+,58+/m0/s1. The van der Waals surface area contributed by atoms with Crippen LogP contribution in [-0.4, -0.2) is 71.3 Å². The van der Waals surface area contributed by atoms with Gasteiger partial charge in [0, 0.05) is 37.7 Å². The highest BCUT2D eigenvalue weighted by molar-refractivity contribution is 6.03. The number of carbonyl (C=O) groups is 2. The third kappa shape index (κ3) is 11.5. The number of carbonyl (C=O) groups excluding carboxylic acids is 2. The Labute approximate surface area is 411 Å². The van der Waals surface area contributed by atoms with Crippen molar-refractivity contribution in [2.45, 2.75) is 88.8 Å². The first-order valence-corrected chi connectivity index (χ1v) is 24.6. The minimum atomic E-state index is -1.54. The van der Waals surface area contributed by atoms with Gasteiger partial charge in [-0.15, -0.1) is 13.2 Å². The second-order valence-corrected chi connectivity index (χ2v) is 18.2. The molecule has 0 saturated heterocycles. The van der Waals surface area contributed by atoms with Crippen molar-refractivity contribution >= 4 is 28.7 Å². The van der Waals surface area contributed by atoms with Crippen LogP contribution in [0.25, 0.3) is 10.8 Å². The van der Waals surface area contributed by atoms with Gasteiger partial charge in [0.05, 0.1) is 31.4 Å². The number of nitrogens with one attached hydrogen (secondary N) is 1. The summed E-state index contributed by atoms with van der Waals surface area (Å²) in [5.41, 5.74) is 5.15. The van der Waals surface area contributed by atoms with E-state index in [1.54, 1.807) is 23.1 Å². The summed E-state index contributed by atoms with van der Waals surface area (Å²) in [6.07, 6.45) is 9.48. The molecule has 3 N–H and O–H groups in total. The van der Waals surface area contributed by atoms with Crippen LogP contribution >= 0.6 is 0 Å². The molecule has 12 nitrogen and oxygen atoms in total. The quantitative estimate of drug-likeness (QED) is 0.0331. The minimum Gasteiger partial charge on any atom is -0.459 e. The van der Waals surface area contributed by atoms with E-state index in [1.807, 2.05) is 97.1 Å². The number of aliphatic hydroxyl groups excluding tert-OH is 2. The first-order valence-electron chi connectivity index (χ1n) is 24.6. The smallest absolute Gasteiger partial charge is 0.412 e. The molecule has 6 atom stereocenters. The Bertz CT molecular complexity index is 2610. The number of oxime groups is 1. The lowest BCUT2D eigenvalue weighted by Gasteiger charge is -2.59. The maximum atomic E-state index is 15.0. The predicted molar refractivity (Wildman–Crippen MR) is 271 cm³/mol. The predicted octanol–water partition coefficient (Wildman–Crippen LogP) is 11.2. The average molecular weight is 948 g/mol. The van der Waals surface area contributed by atoms with Gasteiger partial charge >= 0.3 is 12.2 Å². The van der Waals surface area contributed by atoms with E-state index in [-0.39, 0.29) is 63.8 Å². The summed E-state index contributed by atoms with van der Waals surface area (Å²) in [5, 5.41) is 30.0. The van der Waals surface area contributed by atoms with Crippen molar-refractivity contribution < 1.29 is 43.6 Å². The molecule has 1 saturated carbocycles. The molecule has 366 valence electrons. The van der Waals surface area contributed by atoms with E-state index in [2.05, 4.69) is 42.7 Å². The molecule has 5 aromatic rings. The van der Waals surface area contributed by atoms with Gasteiger partial charge in [-0.2, -0.15) is 0 Å². The normalized spacial score (nSPS) is 21.6. The molecule has 0 aromatic heterocycles. The summed E-state index contributed by atoms with van der Waals surface area (Å²) in [7, 11) is 0. The fourth-order valence-corrected chi connectivity index (χ4v) is 10.6. The monoisotopic (exact) mass is 947 g/mol. The van der Waals surface area contributed by atoms with Crippen LogP contribution < -0.4 is 14.8 Å². The molecule has 2 amide bonds. The molecule has 0 unspecified atom stereocenters. The SMILES string of the molecule is C=CCCOC(=O)N(Cc1cccc2ccccc12)[C@H]1CC(=NOCc2ccccc2)C2=C[C@H](CCCCO)[C@@H](CCCCO)[C@@H]3c4cc(OC(=O)NCc5ccccc5)ccc4O[C@@]1(OCC=C)[C@H]23. The van der Waals surface area contributed by atoms with Crippen molar-refractivity contribution in [3.05, 3.63) is 181 Å². The van der Waals surface area contributed by atoms with E-state index in [1.165, 1.54) is 0 Å². The van der Waals surface area contributed by atoms with Crippen molar-refractivity contribution in [2.75, 3.05) is 26.4 Å². The highest BCUT2D eigenvalue weighted by Gasteiger charge is 2.65. The number of fused-ring (bicyclic) bond motifs is 3. The second kappa shape index (κ2) is 24.2. The Kier molecular flexibility index (Phi) is 17.2. The maximum Gasteiger partial charge on any atom is 0.412 e. The number of amides is 2. The van der Waals surface area contributed by atoms with Crippen LogP contribution in [0.5, 0.6) is 11.5 Å². The largest absolute Gasteiger partial charge is 0.459 e. The van der Waals surface area contributed by atoms with Gasteiger partial charge in [0.1, 0.15) is 24.1 Å². The van der Waals surface area contributed by atoms with Gasteiger partial charge in [0.2, 0.25) is 5.79 Å². The number of rotatable bonds is 23. The number of ether oxygens (including phenoxy) is 4. The summed E-state index contributed by atoms with van der Waals surface area (Å²) in [5.74, 6) is -1.67. The van der Waals surface area contributed by atoms with E-state index < -0.39 is 29.9 Å². The maximum absolute atomic E-state index is 15.0. The highest BCUT2D eigenvalue weighted by atomic mass is 16.7. The zero-order valence-electron chi connectivity index (χ0n) is 39.8. The van der Waals surface area contributed by atoms with Gasteiger partial charge in [0.15, 0.2) is 0 Å². The van der Waals surface area contributed by atoms with Crippen LogP contribution in [0.4, 0.5) is 9.59 Å². The Morgan fingerprint density at radius 3 is 2.33 bits per heavy atom. The molecule has 70 heavy (non-hydrogen) atoms. The van der Waals surface area contributed by atoms with Crippen molar-refractivity contribution in [3.8, 4) is 11.5 Å². The molecular formula is C58H65N3O9. The molecule has 8 rings (SSSR count). The topological polar surface area (TPSA) is 148 Å². The molecule has 12 heteroatoms. The third-order valence-corrected chi connectivity index (χ3v) is 13.8. The number of aliphatic hydroxyl groups is 2. The zero-order valence-corrected chi connectivity index (χ0v) is 39.8. The Morgan fingerprint density at radius 1 is 0.843 bits per heavy atom. The summed E-state index contributed by atoms with van der Waals surface area (Å²) in [6, 6.07) is 38.3. The number of unbranched alkanes of at least 4 members (excludes halogenated alkanes) is 2. The molecule has 0 radical (unpaired) electrons. The number of nitrogens with zero attached hydrogens (tertiary/aromatic N) is 2. The summed E-state index contributed by atoms with van der Waals surface area (Å²) in [6.45, 7) is 8.93. The van der Waals surface area contributed by atoms with Crippen LogP contribution in [0.1, 0.15) is 79.5 Å². The van der Waals surface area contributed by atoms with Crippen molar-refractivity contribution in [1.29, 1.82) is 0 Å². The zero-order chi connectivity index (χ0) is 48.7. The molecule has 5 aromatic carbocycles. The van der Waals surface area contributed by atoms with Crippen LogP contribution in [-0.2, 0) is 34.0 Å². The van der Waals surface area contributed by atoms with Crippen molar-refractivity contribution in [3.63, 3.8) is 0 Å². The van der Waals surface area contributed by atoms with Gasteiger partial charge in [-0.3, -0.25) is 4.90 Å². The number of hydrogen-bond acceptors (Lipinski definition) is 10. The van der Waals surface area contributed by atoms with Gasteiger partial charge in [0.25, 0.3) is 0 Å². The first-order chi connectivity index (χ1) is 34.4. The molecule has 2 aliphatic carbocycles. The van der Waals surface area contributed by atoms with Crippen LogP contribution in [0.3, 0.4) is 0 Å². The fourth-order valence-electron chi connectivity index (χ4n) is 10.6. The molecule has 0 spiro atoms. The second-order valence-electron chi connectivity index (χ2n) is 18.2. The molecule has 1 heterocycles. The number of benzene rings is 5. The lowest BCUT2D eigenvalue weighted by Crippen LogP contribution is -2.70. The average Bonchev–Trinajstić information content (AvgIpc) is 3.38. The van der Waals surface area contributed by atoms with Gasteiger partial charge in [-0.05, 0) is 95.2 Å².